The fraction of sp³-hybridized carbons (Fsp3) is 0.500. The molecule has 5 nitrogen and oxygen atoms in total. The molecule has 0 radical (unpaired) electrons. The molecule has 0 saturated heterocycles. The Morgan fingerprint density at radius 3 is 3.00 bits per heavy atom. The van der Waals surface area contributed by atoms with Gasteiger partial charge in [0.2, 0.25) is 0 Å². The van der Waals surface area contributed by atoms with Gasteiger partial charge in [0.1, 0.15) is 5.75 Å². The Morgan fingerprint density at radius 1 is 1.59 bits per heavy atom. The van der Waals surface area contributed by atoms with Crippen LogP contribution in [-0.4, -0.2) is 35.8 Å². The van der Waals surface area contributed by atoms with Crippen molar-refractivity contribution in [2.24, 2.45) is 5.92 Å². The van der Waals surface area contributed by atoms with E-state index in [2.05, 4.69) is 24.1 Å². The Kier molecular flexibility index (Phi) is 5.42. The van der Waals surface area contributed by atoms with Gasteiger partial charge < -0.3 is 15.2 Å². The summed E-state index contributed by atoms with van der Waals surface area (Å²) in [7, 11) is 0. The Labute approximate surface area is 101 Å². The molecule has 1 aromatic rings. The molecule has 0 aliphatic heterocycles. The molecule has 0 atom stereocenters. The van der Waals surface area contributed by atoms with Crippen LogP contribution in [0.15, 0.2) is 18.5 Å². The lowest BCUT2D eigenvalue weighted by Gasteiger charge is -2.08. The van der Waals surface area contributed by atoms with Crippen LogP contribution in [-0.2, 0) is 4.74 Å². The number of pyridine rings is 1. The monoisotopic (exact) mass is 238 g/mol. The average molecular weight is 238 g/mol. The van der Waals surface area contributed by atoms with Crippen molar-refractivity contribution in [2.45, 2.75) is 13.8 Å². The average Bonchev–Trinajstić information content (AvgIpc) is 2.28. The second-order valence-corrected chi connectivity index (χ2v) is 4.12. The van der Waals surface area contributed by atoms with Crippen LogP contribution in [0, 0.1) is 5.92 Å². The molecule has 0 saturated carbocycles. The number of aromatic nitrogens is 1. The number of carbonyl (C=O) groups is 1. The van der Waals surface area contributed by atoms with Crippen LogP contribution in [0.25, 0.3) is 0 Å². The minimum absolute atomic E-state index is 0.118. The summed E-state index contributed by atoms with van der Waals surface area (Å²) in [5.41, 5.74) is 0.226. The summed E-state index contributed by atoms with van der Waals surface area (Å²) in [6.07, 6.45) is 2.70. The van der Waals surface area contributed by atoms with Gasteiger partial charge in [0.15, 0.2) is 0 Å². The summed E-state index contributed by atoms with van der Waals surface area (Å²) >= 11 is 0. The number of nitrogens with zero attached hydrogens (tertiary/aromatic N) is 1. The molecular formula is C12H18N2O3. The van der Waals surface area contributed by atoms with Crippen LogP contribution >= 0.6 is 0 Å². The number of amides is 1. The van der Waals surface area contributed by atoms with E-state index in [-0.39, 0.29) is 17.2 Å². The number of carbonyl (C=O) groups excluding carboxylic acids is 1. The molecule has 0 aromatic carbocycles. The van der Waals surface area contributed by atoms with Gasteiger partial charge in [-0.2, -0.15) is 0 Å². The molecular weight excluding hydrogens is 220 g/mol. The Bertz CT molecular complexity index is 367. The summed E-state index contributed by atoms with van der Waals surface area (Å²) in [6.45, 7) is 5.70. The molecule has 1 rings (SSSR count). The third-order valence-corrected chi connectivity index (χ3v) is 2.03. The fourth-order valence-electron chi connectivity index (χ4n) is 1.23. The van der Waals surface area contributed by atoms with Crippen LogP contribution in [0.3, 0.4) is 0 Å². The van der Waals surface area contributed by atoms with Crippen molar-refractivity contribution in [1.29, 1.82) is 0 Å². The largest absolute Gasteiger partial charge is 0.505 e. The van der Waals surface area contributed by atoms with E-state index in [0.29, 0.717) is 25.7 Å². The number of nitrogens with one attached hydrogen (secondary N) is 1. The highest BCUT2D eigenvalue weighted by Crippen LogP contribution is 2.12. The smallest absolute Gasteiger partial charge is 0.255 e. The van der Waals surface area contributed by atoms with Crippen molar-refractivity contribution in [2.75, 3.05) is 19.8 Å². The van der Waals surface area contributed by atoms with Gasteiger partial charge in [0.25, 0.3) is 5.91 Å². The Hall–Kier alpha value is -1.62. The van der Waals surface area contributed by atoms with E-state index < -0.39 is 0 Å². The van der Waals surface area contributed by atoms with Gasteiger partial charge in [-0.3, -0.25) is 9.78 Å². The highest BCUT2D eigenvalue weighted by atomic mass is 16.5. The SMILES string of the molecule is CC(C)COCCNC(=O)c1ccncc1O. The van der Waals surface area contributed by atoms with E-state index in [1.165, 1.54) is 18.5 Å². The Balaban J connectivity index is 2.29. The number of hydrogen-bond donors (Lipinski definition) is 2. The van der Waals surface area contributed by atoms with E-state index >= 15 is 0 Å². The minimum atomic E-state index is -0.321. The molecule has 0 bridgehead atoms. The standard InChI is InChI=1S/C12H18N2O3/c1-9(2)8-17-6-5-14-12(16)10-3-4-13-7-11(10)15/h3-4,7,9,15H,5-6,8H2,1-2H3,(H,14,16). The quantitative estimate of drug-likeness (QED) is 0.730. The maximum Gasteiger partial charge on any atom is 0.255 e. The lowest BCUT2D eigenvalue weighted by atomic mass is 10.2. The zero-order valence-corrected chi connectivity index (χ0v) is 10.1. The summed E-state index contributed by atoms with van der Waals surface area (Å²) in [5, 5.41) is 12.1. The molecule has 1 heterocycles. The van der Waals surface area contributed by atoms with Gasteiger partial charge in [0.05, 0.1) is 18.4 Å². The van der Waals surface area contributed by atoms with Gasteiger partial charge in [-0.25, -0.2) is 0 Å². The van der Waals surface area contributed by atoms with Gasteiger partial charge in [-0.1, -0.05) is 13.8 Å². The summed E-state index contributed by atoms with van der Waals surface area (Å²) in [5.74, 6) is 0.0427. The van der Waals surface area contributed by atoms with E-state index in [1.54, 1.807) is 0 Å². The zero-order chi connectivity index (χ0) is 12.7. The predicted octanol–water partition coefficient (Wildman–Crippen LogP) is 1.19. The number of ether oxygens (including phenoxy) is 1. The van der Waals surface area contributed by atoms with Crippen LogP contribution in [0.5, 0.6) is 5.75 Å². The van der Waals surface area contributed by atoms with Crippen molar-refractivity contribution in [1.82, 2.24) is 10.3 Å². The van der Waals surface area contributed by atoms with Gasteiger partial charge in [0, 0.05) is 19.3 Å². The fourth-order valence-corrected chi connectivity index (χ4v) is 1.23. The van der Waals surface area contributed by atoms with Crippen molar-refractivity contribution < 1.29 is 14.6 Å². The van der Waals surface area contributed by atoms with Crippen LogP contribution in [0.2, 0.25) is 0 Å². The molecule has 5 heteroatoms. The summed E-state index contributed by atoms with van der Waals surface area (Å²) in [4.78, 5) is 15.3. The normalized spacial score (nSPS) is 10.5. The van der Waals surface area contributed by atoms with Gasteiger partial charge in [-0.15, -0.1) is 0 Å². The summed E-state index contributed by atoms with van der Waals surface area (Å²) < 4.78 is 5.32. The first-order valence-electron chi connectivity index (χ1n) is 5.60. The first kappa shape index (κ1) is 13.4. The zero-order valence-electron chi connectivity index (χ0n) is 10.1. The van der Waals surface area contributed by atoms with Crippen molar-refractivity contribution in [3.05, 3.63) is 24.0 Å². The second kappa shape index (κ2) is 6.85. The van der Waals surface area contributed by atoms with Crippen LogP contribution < -0.4 is 5.32 Å². The third kappa shape index (κ3) is 4.82. The van der Waals surface area contributed by atoms with Crippen LogP contribution in [0.1, 0.15) is 24.2 Å². The lowest BCUT2D eigenvalue weighted by molar-refractivity contribution is 0.0884. The highest BCUT2D eigenvalue weighted by molar-refractivity contribution is 5.96. The maximum absolute atomic E-state index is 11.6. The molecule has 1 aromatic heterocycles. The molecule has 0 spiro atoms. The van der Waals surface area contributed by atoms with Crippen LogP contribution in [0.4, 0.5) is 0 Å². The molecule has 1 amide bonds. The van der Waals surface area contributed by atoms with E-state index in [4.69, 9.17) is 4.74 Å². The third-order valence-electron chi connectivity index (χ3n) is 2.03. The molecule has 0 aliphatic rings. The van der Waals surface area contributed by atoms with Gasteiger partial charge >= 0.3 is 0 Å². The van der Waals surface area contributed by atoms with Crippen molar-refractivity contribution in [3.63, 3.8) is 0 Å². The highest BCUT2D eigenvalue weighted by Gasteiger charge is 2.09. The van der Waals surface area contributed by atoms with Crippen molar-refractivity contribution >= 4 is 5.91 Å². The van der Waals surface area contributed by atoms with Crippen molar-refractivity contribution in [3.8, 4) is 5.75 Å². The molecule has 0 fully saturated rings. The summed E-state index contributed by atoms with van der Waals surface area (Å²) in [6, 6.07) is 1.47. The predicted molar refractivity (Wildman–Crippen MR) is 63.9 cm³/mol. The molecule has 2 N–H and O–H groups in total. The topological polar surface area (TPSA) is 71.5 Å². The number of rotatable bonds is 6. The molecule has 94 valence electrons. The molecule has 0 unspecified atom stereocenters. The van der Waals surface area contributed by atoms with Gasteiger partial charge in [-0.05, 0) is 12.0 Å². The van der Waals surface area contributed by atoms with E-state index in [0.717, 1.165) is 0 Å². The number of hydrogen-bond acceptors (Lipinski definition) is 4. The first-order chi connectivity index (χ1) is 8.11. The lowest BCUT2D eigenvalue weighted by Crippen LogP contribution is -2.27. The second-order valence-electron chi connectivity index (χ2n) is 4.12. The van der Waals surface area contributed by atoms with E-state index in [1.807, 2.05) is 0 Å². The maximum atomic E-state index is 11.6. The first-order valence-corrected chi connectivity index (χ1v) is 5.60. The van der Waals surface area contributed by atoms with E-state index in [9.17, 15) is 9.90 Å². The minimum Gasteiger partial charge on any atom is -0.505 e. The Morgan fingerprint density at radius 2 is 2.35 bits per heavy atom. The number of aromatic hydroxyl groups is 1. The molecule has 17 heavy (non-hydrogen) atoms. The molecule has 0 aliphatic carbocycles.